The van der Waals surface area contributed by atoms with E-state index in [9.17, 15) is 4.79 Å². The van der Waals surface area contributed by atoms with Crippen molar-refractivity contribution in [1.29, 1.82) is 0 Å². The zero-order chi connectivity index (χ0) is 19.5. The van der Waals surface area contributed by atoms with Crippen LogP contribution in [-0.4, -0.2) is 31.7 Å². The van der Waals surface area contributed by atoms with Gasteiger partial charge in [-0.05, 0) is 18.4 Å². The van der Waals surface area contributed by atoms with Gasteiger partial charge in [0.15, 0.2) is 0 Å². The number of carbonyl (C=O) groups is 1. The summed E-state index contributed by atoms with van der Waals surface area (Å²) in [5, 5.41) is 14.8. The first-order chi connectivity index (χ1) is 13.6. The monoisotopic (exact) mass is 395 g/mol. The summed E-state index contributed by atoms with van der Waals surface area (Å²) in [6.45, 7) is 5.01. The van der Waals surface area contributed by atoms with Crippen LogP contribution in [0.5, 0.6) is 0 Å². The van der Waals surface area contributed by atoms with Gasteiger partial charge in [0.1, 0.15) is 17.3 Å². The quantitative estimate of drug-likeness (QED) is 0.717. The molecule has 4 rings (SSSR count). The Hall–Kier alpha value is -2.54. The second-order valence-electron chi connectivity index (χ2n) is 7.57. The number of hydrogen-bond acceptors (Lipinski definition) is 5. The van der Waals surface area contributed by atoms with Crippen molar-refractivity contribution in [1.82, 2.24) is 25.1 Å². The van der Waals surface area contributed by atoms with Crippen LogP contribution in [-0.2, 0) is 19.4 Å². The lowest BCUT2D eigenvalue weighted by atomic mass is 10.1. The first-order valence-corrected chi connectivity index (χ1v) is 10.7. The predicted octanol–water partition coefficient (Wildman–Crippen LogP) is 3.58. The number of aromatic nitrogens is 4. The SMILES string of the molecule is CC(C)c1nc(C(=O)NC2CCc3nnc(Cc4ccccc4)n3CC2)cs1. The standard InChI is InChI=1S/C21H25N5OS/c1-14(2)21-23-17(13-28-21)20(27)22-16-8-9-18-24-25-19(26(18)11-10-16)12-15-6-4-3-5-7-15/h3-7,13-14,16H,8-12H2,1-2H3,(H,22,27). The van der Waals surface area contributed by atoms with Crippen molar-refractivity contribution in [3.8, 4) is 0 Å². The first-order valence-electron chi connectivity index (χ1n) is 9.81. The van der Waals surface area contributed by atoms with E-state index >= 15 is 0 Å². The van der Waals surface area contributed by atoms with Crippen molar-refractivity contribution in [2.24, 2.45) is 0 Å². The Morgan fingerprint density at radius 3 is 2.82 bits per heavy atom. The van der Waals surface area contributed by atoms with Crippen molar-refractivity contribution >= 4 is 17.2 Å². The molecule has 0 radical (unpaired) electrons. The van der Waals surface area contributed by atoms with E-state index < -0.39 is 0 Å². The highest BCUT2D eigenvalue weighted by molar-refractivity contribution is 7.09. The van der Waals surface area contributed by atoms with E-state index in [-0.39, 0.29) is 11.9 Å². The molecule has 1 aliphatic heterocycles. The Morgan fingerprint density at radius 1 is 1.25 bits per heavy atom. The van der Waals surface area contributed by atoms with Crippen molar-refractivity contribution in [3.63, 3.8) is 0 Å². The number of thiazole rings is 1. The Kier molecular flexibility index (Phi) is 5.52. The lowest BCUT2D eigenvalue weighted by Crippen LogP contribution is -2.35. The third-order valence-corrected chi connectivity index (χ3v) is 6.26. The number of benzene rings is 1. The van der Waals surface area contributed by atoms with Gasteiger partial charge in [0.05, 0.1) is 5.01 Å². The zero-order valence-electron chi connectivity index (χ0n) is 16.3. The first kappa shape index (κ1) is 18.8. The van der Waals surface area contributed by atoms with Gasteiger partial charge in [0.2, 0.25) is 0 Å². The van der Waals surface area contributed by atoms with Gasteiger partial charge < -0.3 is 9.88 Å². The van der Waals surface area contributed by atoms with Gasteiger partial charge >= 0.3 is 0 Å². The van der Waals surface area contributed by atoms with Crippen molar-refractivity contribution in [2.45, 2.75) is 58.0 Å². The number of hydrogen-bond donors (Lipinski definition) is 1. The van der Waals surface area contributed by atoms with Gasteiger partial charge in [-0.15, -0.1) is 21.5 Å². The molecule has 0 aliphatic carbocycles. The van der Waals surface area contributed by atoms with E-state index in [4.69, 9.17) is 0 Å². The Bertz CT molecular complexity index is 947. The maximum atomic E-state index is 12.6. The molecule has 28 heavy (non-hydrogen) atoms. The molecule has 1 N–H and O–H groups in total. The van der Waals surface area contributed by atoms with Crippen LogP contribution in [0, 0.1) is 0 Å². The molecule has 0 bridgehead atoms. The van der Waals surface area contributed by atoms with E-state index in [0.717, 1.165) is 48.9 Å². The summed E-state index contributed by atoms with van der Waals surface area (Å²) >= 11 is 1.55. The molecule has 1 aromatic carbocycles. The fraction of sp³-hybridized carbons (Fsp3) is 0.429. The second-order valence-corrected chi connectivity index (χ2v) is 8.46. The maximum absolute atomic E-state index is 12.6. The average molecular weight is 396 g/mol. The molecule has 7 heteroatoms. The van der Waals surface area contributed by atoms with E-state index in [2.05, 4.69) is 51.0 Å². The molecule has 0 spiro atoms. The highest BCUT2D eigenvalue weighted by Crippen LogP contribution is 2.20. The number of rotatable bonds is 5. The highest BCUT2D eigenvalue weighted by atomic mass is 32.1. The van der Waals surface area contributed by atoms with Crippen LogP contribution >= 0.6 is 11.3 Å². The van der Waals surface area contributed by atoms with Crippen LogP contribution in [0.25, 0.3) is 0 Å². The maximum Gasteiger partial charge on any atom is 0.270 e. The normalized spacial score (nSPS) is 16.6. The highest BCUT2D eigenvalue weighted by Gasteiger charge is 2.23. The average Bonchev–Trinajstić information content (AvgIpc) is 3.28. The molecule has 0 saturated heterocycles. The van der Waals surface area contributed by atoms with Crippen molar-refractivity contribution in [3.05, 3.63) is 63.6 Å². The summed E-state index contributed by atoms with van der Waals surface area (Å²) in [6.07, 6.45) is 3.35. The number of amides is 1. The van der Waals surface area contributed by atoms with Crippen LogP contribution < -0.4 is 5.32 Å². The van der Waals surface area contributed by atoms with E-state index in [0.29, 0.717) is 11.6 Å². The molecular formula is C21H25N5OS. The van der Waals surface area contributed by atoms with Crippen molar-refractivity contribution < 1.29 is 4.79 Å². The molecule has 0 saturated carbocycles. The van der Waals surface area contributed by atoms with Crippen LogP contribution in [0.15, 0.2) is 35.7 Å². The van der Waals surface area contributed by atoms with E-state index in [1.54, 1.807) is 11.3 Å². The molecule has 1 aliphatic rings. The molecule has 2 aromatic heterocycles. The smallest absolute Gasteiger partial charge is 0.270 e. The van der Waals surface area contributed by atoms with E-state index in [1.165, 1.54) is 5.56 Å². The second kappa shape index (κ2) is 8.22. The minimum atomic E-state index is -0.0738. The summed E-state index contributed by atoms with van der Waals surface area (Å²) in [6, 6.07) is 10.5. The Labute approximate surface area is 169 Å². The van der Waals surface area contributed by atoms with Crippen LogP contribution in [0.4, 0.5) is 0 Å². The lowest BCUT2D eigenvalue weighted by Gasteiger charge is -2.15. The van der Waals surface area contributed by atoms with Gasteiger partial charge in [0.25, 0.3) is 5.91 Å². The lowest BCUT2D eigenvalue weighted by molar-refractivity contribution is 0.0928. The molecule has 1 atom stereocenters. The van der Waals surface area contributed by atoms with Gasteiger partial charge in [0, 0.05) is 36.7 Å². The van der Waals surface area contributed by atoms with E-state index in [1.807, 2.05) is 23.6 Å². The number of fused-ring (bicyclic) bond motifs is 1. The molecule has 6 nitrogen and oxygen atoms in total. The third-order valence-electron chi connectivity index (χ3n) is 5.11. The predicted molar refractivity (Wildman–Crippen MR) is 110 cm³/mol. The summed E-state index contributed by atoms with van der Waals surface area (Å²) < 4.78 is 2.22. The molecular weight excluding hydrogens is 370 g/mol. The van der Waals surface area contributed by atoms with Gasteiger partial charge in [-0.2, -0.15) is 0 Å². The molecule has 3 heterocycles. The number of aryl methyl sites for hydroxylation is 1. The number of nitrogens with zero attached hydrogens (tertiary/aromatic N) is 4. The van der Waals surface area contributed by atoms with Gasteiger partial charge in [-0.1, -0.05) is 44.2 Å². The molecule has 146 valence electrons. The third kappa shape index (κ3) is 4.14. The Balaban J connectivity index is 1.40. The van der Waals surface area contributed by atoms with Gasteiger partial charge in [-0.25, -0.2) is 4.98 Å². The zero-order valence-corrected chi connectivity index (χ0v) is 17.1. The topological polar surface area (TPSA) is 72.7 Å². The minimum absolute atomic E-state index is 0.0738. The summed E-state index contributed by atoms with van der Waals surface area (Å²) in [7, 11) is 0. The number of carbonyl (C=O) groups excluding carboxylic acids is 1. The summed E-state index contributed by atoms with van der Waals surface area (Å²) in [5.41, 5.74) is 1.76. The molecule has 1 unspecified atom stereocenters. The fourth-order valence-corrected chi connectivity index (χ4v) is 4.33. The molecule has 0 fully saturated rings. The fourth-order valence-electron chi connectivity index (χ4n) is 3.52. The summed E-state index contributed by atoms with van der Waals surface area (Å²) in [5.74, 6) is 2.28. The van der Waals surface area contributed by atoms with Crippen LogP contribution in [0.1, 0.15) is 65.3 Å². The number of nitrogens with one attached hydrogen (secondary N) is 1. The molecule has 1 amide bonds. The van der Waals surface area contributed by atoms with Crippen LogP contribution in [0.2, 0.25) is 0 Å². The van der Waals surface area contributed by atoms with Gasteiger partial charge in [-0.3, -0.25) is 4.79 Å². The van der Waals surface area contributed by atoms with Crippen LogP contribution in [0.3, 0.4) is 0 Å². The van der Waals surface area contributed by atoms with Crippen molar-refractivity contribution in [2.75, 3.05) is 0 Å². The minimum Gasteiger partial charge on any atom is -0.348 e. The Morgan fingerprint density at radius 2 is 2.07 bits per heavy atom. The largest absolute Gasteiger partial charge is 0.348 e. The summed E-state index contributed by atoms with van der Waals surface area (Å²) in [4.78, 5) is 17.0. The molecule has 3 aromatic rings.